The van der Waals surface area contributed by atoms with E-state index in [9.17, 15) is 18.8 Å². The summed E-state index contributed by atoms with van der Waals surface area (Å²) < 4.78 is 23.9. The summed E-state index contributed by atoms with van der Waals surface area (Å²) in [4.78, 5) is 44.6. The molecule has 1 unspecified atom stereocenters. The highest BCUT2D eigenvalue weighted by molar-refractivity contribution is 8.00. The second kappa shape index (κ2) is 15.9. The topological polar surface area (TPSA) is 119 Å². The van der Waals surface area contributed by atoms with Crippen molar-refractivity contribution in [3.63, 3.8) is 0 Å². The number of methoxy groups -OCH3 is 2. The van der Waals surface area contributed by atoms with E-state index in [1.165, 1.54) is 49.5 Å². The predicted molar refractivity (Wildman–Crippen MR) is 188 cm³/mol. The van der Waals surface area contributed by atoms with Gasteiger partial charge in [-0.25, -0.2) is 9.37 Å². The van der Waals surface area contributed by atoms with Gasteiger partial charge in [0.2, 0.25) is 5.91 Å². The first-order valence-corrected chi connectivity index (χ1v) is 16.4. The Balaban J connectivity index is 1.24. The van der Waals surface area contributed by atoms with Gasteiger partial charge in [-0.05, 0) is 91.4 Å². The molecule has 0 fully saturated rings. The van der Waals surface area contributed by atoms with Crippen LogP contribution in [0.25, 0.3) is 17.3 Å². The van der Waals surface area contributed by atoms with Crippen molar-refractivity contribution < 1.29 is 28.2 Å². The quantitative estimate of drug-likeness (QED) is 0.0922. The number of ether oxygens (including phenoxy) is 2. The van der Waals surface area contributed by atoms with Crippen LogP contribution in [-0.4, -0.2) is 42.2 Å². The van der Waals surface area contributed by atoms with E-state index in [4.69, 9.17) is 9.47 Å². The van der Waals surface area contributed by atoms with Gasteiger partial charge in [-0.1, -0.05) is 24.3 Å². The number of carbonyl (C=O) groups excluding carboxylic acids is 3. The monoisotopic (exact) mass is 682 g/mol. The minimum absolute atomic E-state index is 0.0181. The maximum atomic E-state index is 13.5. The average molecular weight is 683 g/mol. The first-order chi connectivity index (χ1) is 23.2. The van der Waals surface area contributed by atoms with E-state index in [0.717, 1.165) is 10.5 Å². The molecule has 12 heteroatoms. The molecule has 0 radical (unpaired) electrons. The third kappa shape index (κ3) is 8.87. The third-order valence-electron chi connectivity index (χ3n) is 6.92. The molecule has 9 nitrogen and oxygen atoms in total. The fourth-order valence-corrected chi connectivity index (χ4v) is 6.01. The maximum absolute atomic E-state index is 13.5. The smallest absolute Gasteiger partial charge is 0.272 e. The van der Waals surface area contributed by atoms with Gasteiger partial charge >= 0.3 is 0 Å². The van der Waals surface area contributed by atoms with Gasteiger partial charge in [0.1, 0.15) is 11.5 Å². The molecule has 0 saturated carbocycles. The summed E-state index contributed by atoms with van der Waals surface area (Å²) in [6, 6.07) is 26.7. The van der Waals surface area contributed by atoms with Gasteiger partial charge in [0, 0.05) is 27.1 Å². The van der Waals surface area contributed by atoms with Crippen LogP contribution in [-0.2, 0) is 9.59 Å². The van der Waals surface area contributed by atoms with Crippen molar-refractivity contribution in [3.8, 4) is 22.8 Å². The second-order valence-corrected chi connectivity index (χ2v) is 12.5. The van der Waals surface area contributed by atoms with Crippen LogP contribution in [0.5, 0.6) is 11.5 Å². The zero-order chi connectivity index (χ0) is 34.0. The van der Waals surface area contributed by atoms with E-state index in [1.807, 2.05) is 0 Å². The van der Waals surface area contributed by atoms with Crippen molar-refractivity contribution in [1.82, 2.24) is 10.3 Å². The molecule has 0 aliphatic heterocycles. The Kier molecular flexibility index (Phi) is 11.2. The Morgan fingerprint density at radius 1 is 0.875 bits per heavy atom. The highest BCUT2D eigenvalue weighted by Gasteiger charge is 2.18. The molecule has 1 aromatic heterocycles. The number of halogens is 1. The number of thiazole rings is 1. The Bertz CT molecular complexity index is 1930. The molecule has 1 heterocycles. The van der Waals surface area contributed by atoms with Crippen LogP contribution in [0.4, 0.5) is 15.2 Å². The molecular weight excluding hydrogens is 652 g/mol. The Morgan fingerprint density at radius 3 is 2.27 bits per heavy atom. The van der Waals surface area contributed by atoms with Crippen LogP contribution in [0, 0.1) is 5.82 Å². The van der Waals surface area contributed by atoms with Crippen molar-refractivity contribution in [2.24, 2.45) is 0 Å². The third-order valence-corrected chi connectivity index (χ3v) is 8.79. The number of hydrogen-bond acceptors (Lipinski definition) is 8. The molecule has 1 atom stereocenters. The molecule has 5 aromatic rings. The molecule has 5 rings (SSSR count). The number of aromatic nitrogens is 1. The van der Waals surface area contributed by atoms with Crippen LogP contribution >= 0.6 is 23.1 Å². The first-order valence-electron chi connectivity index (χ1n) is 14.6. The summed E-state index contributed by atoms with van der Waals surface area (Å²) in [6.07, 6.45) is 1.55. The molecule has 0 spiro atoms. The van der Waals surface area contributed by atoms with E-state index in [1.54, 1.807) is 103 Å². The number of hydrogen-bond donors (Lipinski definition) is 3. The van der Waals surface area contributed by atoms with Gasteiger partial charge in [-0.2, -0.15) is 0 Å². The predicted octanol–water partition coefficient (Wildman–Crippen LogP) is 7.50. The van der Waals surface area contributed by atoms with E-state index in [2.05, 4.69) is 20.9 Å². The minimum Gasteiger partial charge on any atom is -0.493 e. The van der Waals surface area contributed by atoms with Crippen LogP contribution in [0.3, 0.4) is 0 Å². The van der Waals surface area contributed by atoms with Gasteiger partial charge in [0.15, 0.2) is 16.6 Å². The molecule has 0 aliphatic rings. The Morgan fingerprint density at radius 2 is 1.58 bits per heavy atom. The van der Waals surface area contributed by atoms with E-state index >= 15 is 0 Å². The van der Waals surface area contributed by atoms with Crippen molar-refractivity contribution in [2.45, 2.75) is 17.1 Å². The zero-order valence-electron chi connectivity index (χ0n) is 26.2. The van der Waals surface area contributed by atoms with Gasteiger partial charge < -0.3 is 25.4 Å². The van der Waals surface area contributed by atoms with E-state index in [-0.39, 0.29) is 17.4 Å². The fraction of sp³-hybridized carbons (Fsp3) is 0.111. The second-order valence-electron chi connectivity index (χ2n) is 10.3. The summed E-state index contributed by atoms with van der Waals surface area (Å²) in [5.41, 5.74) is 2.91. The van der Waals surface area contributed by atoms with Crippen molar-refractivity contribution in [2.75, 3.05) is 24.9 Å². The lowest BCUT2D eigenvalue weighted by molar-refractivity contribution is -0.115. The van der Waals surface area contributed by atoms with Gasteiger partial charge in [-0.3, -0.25) is 14.4 Å². The molecule has 0 saturated heterocycles. The molecule has 48 heavy (non-hydrogen) atoms. The van der Waals surface area contributed by atoms with Gasteiger partial charge in [0.05, 0.1) is 25.2 Å². The highest BCUT2D eigenvalue weighted by Crippen LogP contribution is 2.30. The van der Waals surface area contributed by atoms with Crippen LogP contribution < -0.4 is 25.4 Å². The minimum atomic E-state index is -0.536. The van der Waals surface area contributed by atoms with Crippen LogP contribution in [0.15, 0.2) is 113 Å². The molecular formula is C36H31FN4O5S2. The lowest BCUT2D eigenvalue weighted by Crippen LogP contribution is -2.30. The summed E-state index contributed by atoms with van der Waals surface area (Å²) in [5, 5.41) is 10.2. The Labute approximate surface area is 285 Å². The van der Waals surface area contributed by atoms with Crippen molar-refractivity contribution in [1.29, 1.82) is 0 Å². The lowest BCUT2D eigenvalue weighted by Gasteiger charge is -2.13. The van der Waals surface area contributed by atoms with E-state index in [0.29, 0.717) is 39.1 Å². The highest BCUT2D eigenvalue weighted by atomic mass is 32.2. The molecule has 0 aliphatic carbocycles. The number of benzene rings is 4. The molecule has 244 valence electrons. The molecule has 3 N–H and O–H groups in total. The summed E-state index contributed by atoms with van der Waals surface area (Å²) >= 11 is 2.63. The van der Waals surface area contributed by atoms with Crippen molar-refractivity contribution in [3.05, 3.63) is 125 Å². The average Bonchev–Trinajstić information content (AvgIpc) is 3.57. The number of nitrogens with zero attached hydrogens (tertiary/aromatic N) is 1. The number of thioether (sulfide) groups is 1. The molecule has 3 amide bonds. The SMILES string of the molecule is COc1ccc(/C=C(\NC(=O)c2ccccc2)C(=O)Nc2ccc(SC(C)C(=O)Nc3nc(-c4ccc(F)cc4)cs3)cc2)cc1OC. The largest absolute Gasteiger partial charge is 0.493 e. The zero-order valence-corrected chi connectivity index (χ0v) is 27.8. The first kappa shape index (κ1) is 33.9. The number of anilines is 2. The number of carbonyl (C=O) groups is 3. The number of nitrogens with one attached hydrogen (secondary N) is 3. The Hall–Kier alpha value is -5.46. The standard InChI is InChI=1S/C36H31FN4O5S2/c1-22(33(42)41-36-40-30(21-47-36)24-10-12-26(37)13-11-24)48-28-16-14-27(15-17-28)38-35(44)29(39-34(43)25-7-5-4-6-8-25)19-23-9-18-31(45-2)32(20-23)46-3/h4-22H,1-3H3,(H,38,44)(H,39,43)(H,40,41,42)/b29-19-. The van der Waals surface area contributed by atoms with Crippen molar-refractivity contribution >= 4 is 57.7 Å². The fourth-order valence-electron chi connectivity index (χ4n) is 4.42. The van der Waals surface area contributed by atoms with Crippen LogP contribution in [0.2, 0.25) is 0 Å². The molecule has 0 bridgehead atoms. The summed E-state index contributed by atoms with van der Waals surface area (Å²) in [6.45, 7) is 1.78. The van der Waals surface area contributed by atoms with Crippen LogP contribution in [0.1, 0.15) is 22.8 Å². The van der Waals surface area contributed by atoms with E-state index < -0.39 is 17.1 Å². The normalized spacial score (nSPS) is 11.7. The summed E-state index contributed by atoms with van der Waals surface area (Å²) in [7, 11) is 3.04. The van der Waals surface area contributed by atoms with Gasteiger partial charge in [0.25, 0.3) is 11.8 Å². The maximum Gasteiger partial charge on any atom is 0.272 e. The van der Waals surface area contributed by atoms with Gasteiger partial charge in [-0.15, -0.1) is 23.1 Å². The molecule has 4 aromatic carbocycles. The number of rotatable bonds is 12. The lowest BCUT2D eigenvalue weighted by atomic mass is 10.1. The number of amides is 3. The summed E-state index contributed by atoms with van der Waals surface area (Å²) in [5.74, 6) is -0.539.